The third-order valence-electron chi connectivity index (χ3n) is 4.31. The van der Waals surface area contributed by atoms with Crippen LogP contribution in [-0.2, 0) is 19.1 Å². The third kappa shape index (κ3) is 2.58. The first-order chi connectivity index (χ1) is 9.10. The molecule has 2 fully saturated rings. The van der Waals surface area contributed by atoms with Gasteiger partial charge in [-0.25, -0.2) is 0 Å². The summed E-state index contributed by atoms with van der Waals surface area (Å²) in [6, 6.07) is 0. The molecule has 108 valence electrons. The molecule has 0 spiro atoms. The Balaban J connectivity index is 2.33. The number of nitrogens with one attached hydrogen (secondary N) is 2. The molecule has 19 heavy (non-hydrogen) atoms. The van der Waals surface area contributed by atoms with Crippen molar-refractivity contribution < 1.29 is 28.9 Å². The van der Waals surface area contributed by atoms with E-state index in [0.29, 0.717) is 52.6 Å². The Morgan fingerprint density at radius 2 is 1.11 bits per heavy atom. The summed E-state index contributed by atoms with van der Waals surface area (Å²) < 4.78 is 10.7. The molecule has 2 rings (SSSR count). The van der Waals surface area contributed by atoms with Crippen molar-refractivity contribution in [2.75, 3.05) is 52.6 Å². The Morgan fingerprint density at radius 3 is 1.37 bits per heavy atom. The smallest absolute Gasteiger partial charge is 0.341 e. The van der Waals surface area contributed by atoms with Crippen LogP contribution < -0.4 is 9.80 Å². The van der Waals surface area contributed by atoms with Gasteiger partial charge in [-0.15, -0.1) is 0 Å². The van der Waals surface area contributed by atoms with Gasteiger partial charge < -0.3 is 9.47 Å². The minimum Gasteiger partial charge on any atom is -0.370 e. The van der Waals surface area contributed by atoms with Crippen LogP contribution in [0, 0.1) is 0 Å². The van der Waals surface area contributed by atoms with Gasteiger partial charge in [0.2, 0.25) is 0 Å². The van der Waals surface area contributed by atoms with Gasteiger partial charge in [-0.2, -0.15) is 0 Å². The van der Waals surface area contributed by atoms with E-state index in [9.17, 15) is 9.59 Å². The van der Waals surface area contributed by atoms with Crippen molar-refractivity contribution in [1.29, 1.82) is 0 Å². The number of morpholine rings is 2. The molecule has 0 unspecified atom stereocenters. The molecule has 2 N–H and O–H groups in total. The van der Waals surface area contributed by atoms with Gasteiger partial charge in [-0.05, 0) is 0 Å². The first-order valence-electron chi connectivity index (χ1n) is 6.98. The normalized spacial score (nSPS) is 23.3. The van der Waals surface area contributed by atoms with Gasteiger partial charge in [0.15, 0.2) is 0 Å². The molecule has 0 amide bonds. The largest absolute Gasteiger partial charge is 0.370 e. The molecule has 0 aliphatic carbocycles. The van der Waals surface area contributed by atoms with Gasteiger partial charge in [0.25, 0.3) is 11.6 Å². The quantitative estimate of drug-likeness (QED) is 0.526. The van der Waals surface area contributed by atoms with E-state index in [1.54, 1.807) is 13.8 Å². The lowest BCUT2D eigenvalue weighted by Gasteiger charge is -2.43. The van der Waals surface area contributed by atoms with Gasteiger partial charge in [-0.3, -0.25) is 19.4 Å². The summed E-state index contributed by atoms with van der Waals surface area (Å²) in [5.41, 5.74) is -0.965. The van der Waals surface area contributed by atoms with Crippen LogP contribution in [-0.4, -0.2) is 69.8 Å². The predicted molar refractivity (Wildman–Crippen MR) is 67.1 cm³/mol. The number of carbonyl (C=O) groups is 2. The number of carbonyl (C=O) groups excluding carboxylic acids is 2. The van der Waals surface area contributed by atoms with E-state index in [4.69, 9.17) is 9.47 Å². The average Bonchev–Trinajstić information content (AvgIpc) is 2.41. The maximum absolute atomic E-state index is 12.4. The fraction of sp³-hybridized carbons (Fsp3) is 0.846. The Morgan fingerprint density at radius 1 is 0.789 bits per heavy atom. The zero-order valence-corrected chi connectivity index (χ0v) is 11.8. The minimum atomic E-state index is -0.965. The topological polar surface area (TPSA) is 61.5 Å². The number of hydrogen-bond donors (Lipinski definition) is 2. The van der Waals surface area contributed by atoms with Crippen molar-refractivity contribution in [2.45, 2.75) is 19.5 Å². The Bertz CT molecular complexity index is 313. The molecule has 6 nitrogen and oxygen atoms in total. The Kier molecular flexibility index (Phi) is 4.67. The van der Waals surface area contributed by atoms with E-state index in [1.807, 2.05) is 0 Å². The highest BCUT2D eigenvalue weighted by molar-refractivity contribution is 6.05. The first kappa shape index (κ1) is 14.6. The molecular weight excluding hydrogens is 248 g/mol. The predicted octanol–water partition coefficient (Wildman–Crippen LogP) is -3.31. The molecule has 0 aromatic rings. The van der Waals surface area contributed by atoms with Gasteiger partial charge in [0.05, 0.1) is 26.4 Å². The zero-order valence-electron chi connectivity index (χ0n) is 11.8. The number of Topliss-reactive ketones (excluding diaryl/α,β-unsaturated/α-hetero) is 2. The lowest BCUT2D eigenvalue weighted by molar-refractivity contribution is -1.13. The van der Waals surface area contributed by atoms with Crippen molar-refractivity contribution in [3.8, 4) is 0 Å². The van der Waals surface area contributed by atoms with Crippen LogP contribution >= 0.6 is 0 Å². The fourth-order valence-electron chi connectivity index (χ4n) is 3.48. The molecule has 0 aromatic heterocycles. The van der Waals surface area contributed by atoms with E-state index in [-0.39, 0.29) is 11.6 Å². The molecule has 0 radical (unpaired) electrons. The molecule has 0 atom stereocenters. The zero-order chi connectivity index (χ0) is 13.9. The number of hydrogen-bond acceptors (Lipinski definition) is 4. The first-order valence-corrected chi connectivity index (χ1v) is 6.98. The number of ketones is 2. The van der Waals surface area contributed by atoms with Crippen LogP contribution in [0.15, 0.2) is 0 Å². The molecule has 0 saturated carbocycles. The van der Waals surface area contributed by atoms with Gasteiger partial charge in [0, 0.05) is 13.8 Å². The van der Waals surface area contributed by atoms with E-state index < -0.39 is 5.66 Å². The van der Waals surface area contributed by atoms with Crippen molar-refractivity contribution in [3.05, 3.63) is 0 Å². The molecule has 2 aliphatic heterocycles. The third-order valence-corrected chi connectivity index (χ3v) is 4.31. The molecule has 6 heteroatoms. The molecule has 2 heterocycles. The Labute approximate surface area is 113 Å². The van der Waals surface area contributed by atoms with E-state index in [1.165, 1.54) is 0 Å². The summed E-state index contributed by atoms with van der Waals surface area (Å²) in [5, 5.41) is 0. The second-order valence-electron chi connectivity index (χ2n) is 5.29. The van der Waals surface area contributed by atoms with Crippen LogP contribution in [0.25, 0.3) is 0 Å². The molecule has 0 aromatic carbocycles. The number of quaternary nitrogens is 2. The monoisotopic (exact) mass is 272 g/mol. The van der Waals surface area contributed by atoms with Crippen LogP contribution in [0.2, 0.25) is 0 Å². The van der Waals surface area contributed by atoms with Gasteiger partial charge in [0.1, 0.15) is 26.2 Å². The molecule has 2 aliphatic rings. The SMILES string of the molecule is CC(=O)C(C(C)=O)([NH+]1CCOCC1)[NH+]1CCOCC1. The summed E-state index contributed by atoms with van der Waals surface area (Å²) in [7, 11) is 0. The summed E-state index contributed by atoms with van der Waals surface area (Å²) in [6.07, 6.45) is 0. The van der Waals surface area contributed by atoms with Crippen LogP contribution in [0.1, 0.15) is 13.8 Å². The average molecular weight is 272 g/mol. The van der Waals surface area contributed by atoms with E-state index in [2.05, 4.69) is 0 Å². The molecular formula is C13H24N2O4+2. The van der Waals surface area contributed by atoms with Crippen molar-refractivity contribution in [2.24, 2.45) is 0 Å². The summed E-state index contributed by atoms with van der Waals surface area (Å²) >= 11 is 0. The van der Waals surface area contributed by atoms with E-state index >= 15 is 0 Å². The maximum atomic E-state index is 12.4. The lowest BCUT2D eigenvalue weighted by Crippen LogP contribution is -3.44. The maximum Gasteiger partial charge on any atom is 0.341 e. The fourth-order valence-corrected chi connectivity index (χ4v) is 3.48. The lowest BCUT2D eigenvalue weighted by atomic mass is 9.95. The highest BCUT2D eigenvalue weighted by Gasteiger charge is 2.59. The van der Waals surface area contributed by atoms with Gasteiger partial charge >= 0.3 is 5.66 Å². The highest BCUT2D eigenvalue weighted by Crippen LogP contribution is 1.99. The number of rotatable bonds is 4. The van der Waals surface area contributed by atoms with Crippen molar-refractivity contribution >= 4 is 11.6 Å². The summed E-state index contributed by atoms with van der Waals surface area (Å²) in [5.74, 6) is -0.0670. The van der Waals surface area contributed by atoms with Gasteiger partial charge in [-0.1, -0.05) is 0 Å². The highest BCUT2D eigenvalue weighted by atomic mass is 16.5. The van der Waals surface area contributed by atoms with E-state index in [0.717, 1.165) is 9.80 Å². The minimum absolute atomic E-state index is 0.0335. The second-order valence-corrected chi connectivity index (χ2v) is 5.29. The number of ether oxygens (including phenoxy) is 2. The van der Waals surface area contributed by atoms with Crippen molar-refractivity contribution in [1.82, 2.24) is 0 Å². The standard InChI is InChI=1S/C13H22N2O4/c1-11(16)13(12(2)17,14-3-7-18-8-4-14)15-5-9-19-10-6-15/h3-10H2,1-2H3/p+2. The Hall–Kier alpha value is -0.820. The summed E-state index contributed by atoms with van der Waals surface area (Å²) in [6.45, 7) is 8.39. The van der Waals surface area contributed by atoms with Crippen LogP contribution in [0.3, 0.4) is 0 Å². The second kappa shape index (κ2) is 6.09. The van der Waals surface area contributed by atoms with Crippen LogP contribution in [0.4, 0.5) is 0 Å². The summed E-state index contributed by atoms with van der Waals surface area (Å²) in [4.78, 5) is 26.8. The molecule has 2 saturated heterocycles. The van der Waals surface area contributed by atoms with Crippen molar-refractivity contribution in [3.63, 3.8) is 0 Å². The van der Waals surface area contributed by atoms with Crippen LogP contribution in [0.5, 0.6) is 0 Å². The molecule has 0 bridgehead atoms.